The number of hydrogen-bond acceptors (Lipinski definition) is 3. The highest BCUT2D eigenvalue weighted by Gasteiger charge is 2.12. The molecule has 1 atom stereocenters. The minimum absolute atomic E-state index is 0.491. The van der Waals surface area contributed by atoms with Crippen LogP contribution in [-0.2, 0) is 13.0 Å². The van der Waals surface area contributed by atoms with Crippen LogP contribution >= 0.6 is 0 Å². The van der Waals surface area contributed by atoms with Crippen LogP contribution in [0.2, 0.25) is 0 Å². The Hall–Kier alpha value is -1.06. The van der Waals surface area contributed by atoms with Crippen LogP contribution in [0.4, 0.5) is 0 Å². The summed E-state index contributed by atoms with van der Waals surface area (Å²) in [4.78, 5) is 2.32. The molecule has 3 nitrogen and oxygen atoms in total. The van der Waals surface area contributed by atoms with E-state index in [1.54, 1.807) is 7.11 Å². The van der Waals surface area contributed by atoms with Gasteiger partial charge in [0.2, 0.25) is 0 Å². The van der Waals surface area contributed by atoms with E-state index in [0.717, 1.165) is 31.7 Å². The zero-order chi connectivity index (χ0) is 13.5. The second-order valence-electron chi connectivity index (χ2n) is 4.84. The fraction of sp³-hybridized carbons (Fsp3) is 0.600. The molecule has 0 spiro atoms. The van der Waals surface area contributed by atoms with Crippen molar-refractivity contribution in [3.8, 4) is 5.75 Å². The Balaban J connectivity index is 2.81. The average Bonchev–Trinajstić information content (AvgIpc) is 2.38. The molecule has 0 saturated carbocycles. The molecule has 0 aromatic heterocycles. The van der Waals surface area contributed by atoms with Gasteiger partial charge in [0.25, 0.3) is 0 Å². The maximum atomic E-state index is 5.61. The predicted octanol–water partition coefficient (Wildman–Crippen LogP) is 2.43. The molecule has 0 amide bonds. The molecule has 0 aliphatic heterocycles. The van der Waals surface area contributed by atoms with Gasteiger partial charge in [0.05, 0.1) is 7.11 Å². The number of benzene rings is 1. The first kappa shape index (κ1) is 15.0. The Morgan fingerprint density at radius 1 is 1.39 bits per heavy atom. The lowest BCUT2D eigenvalue weighted by atomic mass is 10.1. The molecule has 0 fully saturated rings. The van der Waals surface area contributed by atoms with Crippen LogP contribution in [0.5, 0.6) is 5.75 Å². The SMILES string of the molecule is CCc1ccc(OC)c(CN(C)C(C)CCN)c1. The Bertz CT molecular complexity index is 366. The van der Waals surface area contributed by atoms with Gasteiger partial charge >= 0.3 is 0 Å². The van der Waals surface area contributed by atoms with E-state index in [0.29, 0.717) is 6.04 Å². The summed E-state index contributed by atoms with van der Waals surface area (Å²) in [5, 5.41) is 0. The quantitative estimate of drug-likeness (QED) is 0.807. The van der Waals surface area contributed by atoms with E-state index in [9.17, 15) is 0 Å². The van der Waals surface area contributed by atoms with Crippen molar-refractivity contribution in [2.75, 3.05) is 20.7 Å². The van der Waals surface area contributed by atoms with Gasteiger partial charge < -0.3 is 10.5 Å². The lowest BCUT2D eigenvalue weighted by Crippen LogP contribution is -2.30. The molecule has 0 saturated heterocycles. The fourth-order valence-electron chi connectivity index (χ4n) is 2.06. The van der Waals surface area contributed by atoms with Crippen molar-refractivity contribution in [1.82, 2.24) is 4.90 Å². The van der Waals surface area contributed by atoms with Gasteiger partial charge in [-0.1, -0.05) is 19.1 Å². The van der Waals surface area contributed by atoms with Gasteiger partial charge in [-0.05, 0) is 45.0 Å². The first-order valence-electron chi connectivity index (χ1n) is 6.68. The third kappa shape index (κ3) is 4.00. The number of methoxy groups -OCH3 is 1. The molecule has 1 aromatic rings. The smallest absolute Gasteiger partial charge is 0.123 e. The van der Waals surface area contributed by atoms with Gasteiger partial charge in [-0.25, -0.2) is 0 Å². The van der Waals surface area contributed by atoms with Crippen molar-refractivity contribution >= 4 is 0 Å². The third-order valence-electron chi connectivity index (χ3n) is 3.51. The van der Waals surface area contributed by atoms with Crippen LogP contribution in [0.1, 0.15) is 31.4 Å². The second kappa shape index (κ2) is 7.39. The molecular weight excluding hydrogens is 224 g/mol. The topological polar surface area (TPSA) is 38.5 Å². The normalized spacial score (nSPS) is 12.8. The van der Waals surface area contributed by atoms with Crippen molar-refractivity contribution in [3.05, 3.63) is 29.3 Å². The van der Waals surface area contributed by atoms with Gasteiger partial charge in [-0.2, -0.15) is 0 Å². The Labute approximate surface area is 111 Å². The third-order valence-corrected chi connectivity index (χ3v) is 3.51. The first-order valence-corrected chi connectivity index (χ1v) is 6.68. The summed E-state index contributed by atoms with van der Waals surface area (Å²) in [6, 6.07) is 6.93. The molecular formula is C15H26N2O. The van der Waals surface area contributed by atoms with Crippen LogP contribution in [0.3, 0.4) is 0 Å². The molecule has 0 bridgehead atoms. The van der Waals surface area contributed by atoms with Crippen LogP contribution in [0.15, 0.2) is 18.2 Å². The monoisotopic (exact) mass is 250 g/mol. The van der Waals surface area contributed by atoms with Crippen molar-refractivity contribution < 1.29 is 4.74 Å². The summed E-state index contributed by atoms with van der Waals surface area (Å²) < 4.78 is 5.43. The van der Waals surface area contributed by atoms with E-state index in [2.05, 4.69) is 44.0 Å². The summed E-state index contributed by atoms with van der Waals surface area (Å²) in [7, 11) is 3.87. The van der Waals surface area contributed by atoms with Gasteiger partial charge in [0.1, 0.15) is 5.75 Å². The highest BCUT2D eigenvalue weighted by atomic mass is 16.5. The number of nitrogens with two attached hydrogens (primary N) is 1. The maximum absolute atomic E-state index is 5.61. The van der Waals surface area contributed by atoms with Crippen LogP contribution in [0, 0.1) is 0 Å². The summed E-state index contributed by atoms with van der Waals surface area (Å²) in [6.07, 6.45) is 2.07. The minimum Gasteiger partial charge on any atom is -0.496 e. The predicted molar refractivity (Wildman–Crippen MR) is 77.0 cm³/mol. The number of rotatable bonds is 7. The van der Waals surface area contributed by atoms with Gasteiger partial charge in [0, 0.05) is 18.2 Å². The first-order chi connectivity index (χ1) is 8.62. The summed E-state index contributed by atoms with van der Waals surface area (Å²) in [5.41, 5.74) is 8.22. The molecule has 2 N–H and O–H groups in total. The lowest BCUT2D eigenvalue weighted by molar-refractivity contribution is 0.237. The molecule has 1 aromatic carbocycles. The number of nitrogens with zero attached hydrogens (tertiary/aromatic N) is 1. The fourth-order valence-corrected chi connectivity index (χ4v) is 2.06. The van der Waals surface area contributed by atoms with E-state index in [4.69, 9.17) is 10.5 Å². The average molecular weight is 250 g/mol. The Kier molecular flexibility index (Phi) is 6.16. The summed E-state index contributed by atoms with van der Waals surface area (Å²) >= 11 is 0. The molecule has 0 radical (unpaired) electrons. The number of ether oxygens (including phenoxy) is 1. The molecule has 0 aliphatic carbocycles. The molecule has 3 heteroatoms. The van der Waals surface area contributed by atoms with Crippen molar-refractivity contribution in [2.24, 2.45) is 5.73 Å². The zero-order valence-corrected chi connectivity index (χ0v) is 12.1. The molecule has 102 valence electrons. The maximum Gasteiger partial charge on any atom is 0.123 e. The molecule has 1 unspecified atom stereocenters. The largest absolute Gasteiger partial charge is 0.496 e. The molecule has 1 rings (SSSR count). The Morgan fingerprint density at radius 3 is 2.67 bits per heavy atom. The van der Waals surface area contributed by atoms with Crippen LogP contribution in [0.25, 0.3) is 0 Å². The highest BCUT2D eigenvalue weighted by molar-refractivity contribution is 5.37. The zero-order valence-electron chi connectivity index (χ0n) is 12.1. The van der Waals surface area contributed by atoms with Crippen molar-refractivity contribution in [1.29, 1.82) is 0 Å². The van der Waals surface area contributed by atoms with E-state index >= 15 is 0 Å². The molecule has 0 aliphatic rings. The number of aryl methyl sites for hydroxylation is 1. The minimum atomic E-state index is 0.491. The van der Waals surface area contributed by atoms with E-state index in [1.165, 1.54) is 11.1 Å². The van der Waals surface area contributed by atoms with Crippen LogP contribution < -0.4 is 10.5 Å². The molecule has 18 heavy (non-hydrogen) atoms. The number of hydrogen-bond donors (Lipinski definition) is 1. The van der Waals surface area contributed by atoms with Crippen LogP contribution in [-0.4, -0.2) is 31.6 Å². The summed E-state index contributed by atoms with van der Waals surface area (Å²) in [5.74, 6) is 0.971. The highest BCUT2D eigenvalue weighted by Crippen LogP contribution is 2.22. The lowest BCUT2D eigenvalue weighted by Gasteiger charge is -2.25. The van der Waals surface area contributed by atoms with Gasteiger partial charge in [-0.15, -0.1) is 0 Å². The van der Waals surface area contributed by atoms with Crippen molar-refractivity contribution in [3.63, 3.8) is 0 Å². The van der Waals surface area contributed by atoms with E-state index < -0.39 is 0 Å². The van der Waals surface area contributed by atoms with E-state index in [-0.39, 0.29) is 0 Å². The van der Waals surface area contributed by atoms with Gasteiger partial charge in [-0.3, -0.25) is 4.90 Å². The van der Waals surface area contributed by atoms with E-state index in [1.807, 2.05) is 0 Å². The molecule has 0 heterocycles. The second-order valence-corrected chi connectivity index (χ2v) is 4.84. The van der Waals surface area contributed by atoms with Gasteiger partial charge in [0.15, 0.2) is 0 Å². The Morgan fingerprint density at radius 2 is 2.11 bits per heavy atom. The standard InChI is InChI=1S/C15H26N2O/c1-5-13-6-7-15(18-4)14(10-13)11-17(3)12(2)8-9-16/h6-7,10,12H,5,8-9,11,16H2,1-4H3. The van der Waals surface area contributed by atoms with Crippen molar-refractivity contribution in [2.45, 2.75) is 39.3 Å². The summed E-state index contributed by atoms with van der Waals surface area (Å²) in [6.45, 7) is 6.02.